The quantitative estimate of drug-likeness (QED) is 0.243. The van der Waals surface area contributed by atoms with Crippen molar-refractivity contribution in [2.45, 2.75) is 27.4 Å². The van der Waals surface area contributed by atoms with Gasteiger partial charge in [-0.25, -0.2) is 4.79 Å². The molecule has 0 saturated heterocycles. The summed E-state index contributed by atoms with van der Waals surface area (Å²) in [6, 6.07) is 25.3. The average molecular weight is 547 g/mol. The molecule has 3 aromatic carbocycles. The van der Waals surface area contributed by atoms with Crippen LogP contribution in [0, 0.1) is 6.92 Å². The Morgan fingerprint density at radius 3 is 2.47 bits per heavy atom. The molecule has 0 aliphatic heterocycles. The van der Waals surface area contributed by atoms with Gasteiger partial charge in [-0.3, -0.25) is 4.79 Å². The number of amides is 1. The van der Waals surface area contributed by atoms with Gasteiger partial charge in [0.05, 0.1) is 23.6 Å². The molecule has 4 rings (SSSR count). The lowest BCUT2D eigenvalue weighted by atomic mass is 10.1. The van der Waals surface area contributed by atoms with Crippen molar-refractivity contribution in [3.8, 4) is 22.7 Å². The number of aryl methyl sites for hydroxylation is 1. The van der Waals surface area contributed by atoms with Gasteiger partial charge in [0.25, 0.3) is 0 Å². The summed E-state index contributed by atoms with van der Waals surface area (Å²) >= 11 is 3.59. The van der Waals surface area contributed by atoms with Crippen LogP contribution < -0.4 is 10.1 Å². The molecule has 0 fully saturated rings. The van der Waals surface area contributed by atoms with Gasteiger partial charge in [-0.05, 0) is 67.9 Å². The Morgan fingerprint density at radius 2 is 1.75 bits per heavy atom. The van der Waals surface area contributed by atoms with E-state index in [1.165, 1.54) is 6.92 Å². The van der Waals surface area contributed by atoms with Gasteiger partial charge in [-0.2, -0.15) is 0 Å². The first-order valence-corrected chi connectivity index (χ1v) is 12.4. The summed E-state index contributed by atoms with van der Waals surface area (Å²) in [6.45, 7) is 5.82. The molecule has 0 saturated carbocycles. The van der Waals surface area contributed by atoms with Crippen LogP contribution in [0.15, 0.2) is 83.3 Å². The topological polar surface area (TPSA) is 69.6 Å². The first-order chi connectivity index (χ1) is 17.4. The minimum absolute atomic E-state index is 0.233. The zero-order valence-electron chi connectivity index (χ0n) is 20.4. The van der Waals surface area contributed by atoms with Crippen LogP contribution >= 0.6 is 15.9 Å². The number of rotatable bonds is 8. The lowest BCUT2D eigenvalue weighted by Gasteiger charge is -2.18. The third-order valence-corrected chi connectivity index (χ3v) is 6.09. The zero-order chi connectivity index (χ0) is 25.7. The van der Waals surface area contributed by atoms with E-state index in [2.05, 4.69) is 25.8 Å². The molecule has 7 heteroatoms. The van der Waals surface area contributed by atoms with E-state index in [-0.39, 0.29) is 12.5 Å². The van der Waals surface area contributed by atoms with Gasteiger partial charge in [0.15, 0.2) is 0 Å². The van der Waals surface area contributed by atoms with E-state index in [0.717, 1.165) is 38.4 Å². The van der Waals surface area contributed by atoms with Crippen molar-refractivity contribution in [1.82, 2.24) is 4.57 Å². The largest absolute Gasteiger partial charge is 0.488 e. The fraction of sp³-hybridized carbons (Fsp3) is 0.172. The van der Waals surface area contributed by atoms with Crippen molar-refractivity contribution >= 4 is 33.5 Å². The molecule has 1 N–H and O–H groups in total. The lowest BCUT2D eigenvalue weighted by molar-refractivity contribution is -0.114. The van der Waals surface area contributed by atoms with E-state index in [1.807, 2.05) is 73.7 Å². The molecule has 0 aliphatic carbocycles. The molecule has 0 spiro atoms. The number of anilines is 1. The van der Waals surface area contributed by atoms with Crippen molar-refractivity contribution in [1.29, 1.82) is 0 Å². The van der Waals surface area contributed by atoms with Gasteiger partial charge in [-0.15, -0.1) is 0 Å². The number of aromatic nitrogens is 1. The van der Waals surface area contributed by atoms with Crippen LogP contribution in [0.1, 0.15) is 35.5 Å². The van der Waals surface area contributed by atoms with Gasteiger partial charge in [0.2, 0.25) is 5.91 Å². The number of hydrogen-bond donors (Lipinski definition) is 1. The Hall–Kier alpha value is -3.84. The predicted molar refractivity (Wildman–Crippen MR) is 145 cm³/mol. The van der Waals surface area contributed by atoms with E-state index in [9.17, 15) is 9.59 Å². The molecular formula is C29H27BrN2O4. The minimum atomic E-state index is -0.496. The normalized spacial score (nSPS) is 10.7. The molecular weight excluding hydrogens is 520 g/mol. The number of esters is 1. The summed E-state index contributed by atoms with van der Waals surface area (Å²) < 4.78 is 14.5. The number of carbonyl (C=O) groups excluding carboxylic acids is 2. The third-order valence-electron chi connectivity index (χ3n) is 5.60. The first kappa shape index (κ1) is 25.3. The fourth-order valence-corrected chi connectivity index (χ4v) is 4.36. The van der Waals surface area contributed by atoms with Gasteiger partial charge in [-0.1, -0.05) is 46.3 Å². The summed E-state index contributed by atoms with van der Waals surface area (Å²) in [7, 11) is 0. The van der Waals surface area contributed by atoms with Gasteiger partial charge < -0.3 is 19.4 Å². The summed E-state index contributed by atoms with van der Waals surface area (Å²) in [6.07, 6.45) is 0. The highest BCUT2D eigenvalue weighted by atomic mass is 79.9. The maximum Gasteiger partial charge on any atom is 0.340 e. The van der Waals surface area contributed by atoms with E-state index in [1.54, 1.807) is 19.1 Å². The average Bonchev–Trinajstić information content (AvgIpc) is 3.25. The number of nitrogens with one attached hydrogen (secondary N) is 1. The van der Waals surface area contributed by atoms with Gasteiger partial charge in [0.1, 0.15) is 12.4 Å². The Morgan fingerprint density at radius 1 is 0.972 bits per heavy atom. The Balaban J connectivity index is 1.78. The van der Waals surface area contributed by atoms with E-state index >= 15 is 0 Å². The monoisotopic (exact) mass is 546 g/mol. The maximum absolute atomic E-state index is 12.7. The molecule has 1 aromatic heterocycles. The molecule has 1 heterocycles. The molecule has 0 unspecified atom stereocenters. The Bertz CT molecular complexity index is 1400. The molecule has 0 bridgehead atoms. The molecule has 0 radical (unpaired) electrons. The van der Waals surface area contributed by atoms with Gasteiger partial charge >= 0.3 is 5.97 Å². The molecule has 4 aromatic rings. The molecule has 36 heavy (non-hydrogen) atoms. The summed E-state index contributed by atoms with van der Waals surface area (Å²) in [5.74, 6) is -0.0221. The van der Waals surface area contributed by atoms with Crippen LogP contribution in [0.25, 0.3) is 16.9 Å². The number of ether oxygens (including phenoxy) is 2. The highest BCUT2D eigenvalue weighted by Gasteiger charge is 2.19. The molecule has 0 aliphatic rings. The highest BCUT2D eigenvalue weighted by Crippen LogP contribution is 2.36. The van der Waals surface area contributed by atoms with Crippen LogP contribution in [0.4, 0.5) is 5.69 Å². The molecule has 6 nitrogen and oxygen atoms in total. The minimum Gasteiger partial charge on any atom is -0.488 e. The predicted octanol–water partition coefficient (Wildman–Crippen LogP) is 6.93. The summed E-state index contributed by atoms with van der Waals surface area (Å²) in [4.78, 5) is 24.4. The maximum atomic E-state index is 12.7. The zero-order valence-corrected chi connectivity index (χ0v) is 22.0. The second kappa shape index (κ2) is 11.3. The van der Waals surface area contributed by atoms with E-state index in [0.29, 0.717) is 17.9 Å². The van der Waals surface area contributed by atoms with Gasteiger partial charge in [0, 0.05) is 28.3 Å². The second-order valence-electron chi connectivity index (χ2n) is 8.24. The Labute approximate surface area is 219 Å². The first-order valence-electron chi connectivity index (χ1n) is 11.6. The SMILES string of the molecule is CCOC(=O)c1cc(-n2c(C)ccc2-c2cc(Br)ccc2OCc2ccccc2)ccc1NC(C)=O. The fourth-order valence-electron chi connectivity index (χ4n) is 4.00. The van der Waals surface area contributed by atoms with Crippen LogP contribution in [-0.2, 0) is 16.1 Å². The summed E-state index contributed by atoms with van der Waals surface area (Å²) in [5, 5.41) is 2.72. The third kappa shape index (κ3) is 5.69. The number of halogens is 1. The molecule has 184 valence electrons. The van der Waals surface area contributed by atoms with Crippen molar-refractivity contribution in [3.63, 3.8) is 0 Å². The standard InChI is InChI=1S/C29H27BrN2O4/c1-4-35-29(34)24-17-23(12-13-26(24)31-20(3)33)32-19(2)10-14-27(32)25-16-22(30)11-15-28(25)36-18-21-8-6-5-7-9-21/h5-17H,4,18H2,1-3H3,(H,31,33). The van der Waals surface area contributed by atoms with Crippen LogP contribution in [0.3, 0.4) is 0 Å². The summed E-state index contributed by atoms with van der Waals surface area (Å²) in [5.41, 5.74) is 5.31. The lowest BCUT2D eigenvalue weighted by Crippen LogP contribution is -2.14. The number of benzene rings is 3. The van der Waals surface area contributed by atoms with Crippen LogP contribution in [0.2, 0.25) is 0 Å². The highest BCUT2D eigenvalue weighted by molar-refractivity contribution is 9.10. The van der Waals surface area contributed by atoms with Crippen molar-refractivity contribution in [2.24, 2.45) is 0 Å². The van der Waals surface area contributed by atoms with Crippen LogP contribution in [0.5, 0.6) is 5.75 Å². The number of nitrogens with zero attached hydrogens (tertiary/aromatic N) is 1. The second-order valence-corrected chi connectivity index (χ2v) is 9.16. The van der Waals surface area contributed by atoms with Crippen molar-refractivity contribution < 1.29 is 19.1 Å². The number of hydrogen-bond acceptors (Lipinski definition) is 4. The van der Waals surface area contributed by atoms with E-state index in [4.69, 9.17) is 9.47 Å². The van der Waals surface area contributed by atoms with Crippen molar-refractivity contribution in [2.75, 3.05) is 11.9 Å². The van der Waals surface area contributed by atoms with Crippen molar-refractivity contribution in [3.05, 3.63) is 100 Å². The Kier molecular flexibility index (Phi) is 7.90. The number of carbonyl (C=O) groups is 2. The van der Waals surface area contributed by atoms with E-state index < -0.39 is 5.97 Å². The smallest absolute Gasteiger partial charge is 0.340 e. The molecule has 1 amide bonds. The molecule has 0 atom stereocenters. The van der Waals surface area contributed by atoms with Crippen LogP contribution in [-0.4, -0.2) is 23.1 Å².